The number of nitrogens with zero attached hydrogens (tertiary/aromatic N) is 1. The molecule has 0 saturated carbocycles. The quantitative estimate of drug-likeness (QED) is 0.757. The molecule has 0 saturated heterocycles. The number of likely N-dealkylation sites (N-methyl/N-ethyl adjacent to an activating group) is 1. The van der Waals surface area contributed by atoms with Crippen molar-refractivity contribution >= 4 is 15.5 Å². The lowest BCUT2D eigenvalue weighted by atomic mass is 10.1. The van der Waals surface area contributed by atoms with Gasteiger partial charge < -0.3 is 10.0 Å². The largest absolute Gasteiger partial charge is 0.511 e. The molecule has 5 heteroatoms. The SMILES string of the molecule is CN1CCc2cc3c(cc21)CC(O)=CS3(=O)=O. The van der Waals surface area contributed by atoms with Crippen molar-refractivity contribution in [3.63, 3.8) is 0 Å². The summed E-state index contributed by atoms with van der Waals surface area (Å²) in [5.41, 5.74) is 2.84. The molecule has 3 rings (SSSR count). The van der Waals surface area contributed by atoms with Gasteiger partial charge in [0.15, 0.2) is 0 Å². The van der Waals surface area contributed by atoms with Crippen LogP contribution in [0.25, 0.3) is 0 Å². The van der Waals surface area contributed by atoms with E-state index in [1.165, 1.54) is 0 Å². The average molecular weight is 251 g/mol. The van der Waals surface area contributed by atoms with E-state index in [-0.39, 0.29) is 5.76 Å². The van der Waals surface area contributed by atoms with Crippen LogP contribution >= 0.6 is 0 Å². The maximum Gasteiger partial charge on any atom is 0.203 e. The van der Waals surface area contributed by atoms with Gasteiger partial charge in [0, 0.05) is 25.7 Å². The first-order valence-electron chi connectivity index (χ1n) is 5.49. The molecular weight excluding hydrogens is 238 g/mol. The number of allylic oxidation sites excluding steroid dienone is 1. The van der Waals surface area contributed by atoms with Crippen molar-refractivity contribution in [1.82, 2.24) is 0 Å². The lowest BCUT2D eigenvalue weighted by Gasteiger charge is -2.18. The van der Waals surface area contributed by atoms with Gasteiger partial charge in [-0.25, -0.2) is 8.42 Å². The highest BCUT2D eigenvalue weighted by Crippen LogP contribution is 2.35. The molecule has 2 aliphatic heterocycles. The minimum absolute atomic E-state index is 0.0851. The highest BCUT2D eigenvalue weighted by atomic mass is 32.2. The van der Waals surface area contributed by atoms with E-state index >= 15 is 0 Å². The lowest BCUT2D eigenvalue weighted by Crippen LogP contribution is -2.14. The summed E-state index contributed by atoms with van der Waals surface area (Å²) in [5.74, 6) is -0.0851. The molecule has 0 unspecified atom stereocenters. The van der Waals surface area contributed by atoms with Crippen LogP contribution in [0.15, 0.2) is 28.2 Å². The van der Waals surface area contributed by atoms with Gasteiger partial charge in [-0.2, -0.15) is 0 Å². The van der Waals surface area contributed by atoms with E-state index in [1.807, 2.05) is 13.1 Å². The van der Waals surface area contributed by atoms with Crippen molar-refractivity contribution < 1.29 is 13.5 Å². The summed E-state index contributed by atoms with van der Waals surface area (Å²) >= 11 is 0. The van der Waals surface area contributed by atoms with Crippen LogP contribution in [0.1, 0.15) is 11.1 Å². The third-order valence-electron chi connectivity index (χ3n) is 3.36. The number of rotatable bonds is 0. The fourth-order valence-electron chi connectivity index (χ4n) is 2.50. The second kappa shape index (κ2) is 3.26. The molecule has 0 aromatic heterocycles. The van der Waals surface area contributed by atoms with Gasteiger partial charge in [-0.3, -0.25) is 0 Å². The van der Waals surface area contributed by atoms with Crippen LogP contribution in [0.2, 0.25) is 0 Å². The van der Waals surface area contributed by atoms with Gasteiger partial charge in [-0.15, -0.1) is 0 Å². The Morgan fingerprint density at radius 3 is 2.82 bits per heavy atom. The standard InChI is InChI=1S/C12H13NO3S/c1-13-3-2-8-6-12-9(5-11(8)13)4-10(14)7-17(12,15)16/h5-7,14H,2-4H2,1H3. The molecule has 2 aliphatic rings. The Labute approximate surface area is 100 Å². The number of benzene rings is 1. The van der Waals surface area contributed by atoms with Crippen LogP contribution in [0, 0.1) is 0 Å². The lowest BCUT2D eigenvalue weighted by molar-refractivity contribution is 0.397. The summed E-state index contributed by atoms with van der Waals surface area (Å²) in [6.45, 7) is 0.914. The van der Waals surface area contributed by atoms with Gasteiger partial charge in [-0.1, -0.05) is 0 Å². The predicted octanol–water partition coefficient (Wildman–Crippen LogP) is 1.41. The van der Waals surface area contributed by atoms with E-state index in [2.05, 4.69) is 4.90 Å². The number of anilines is 1. The van der Waals surface area contributed by atoms with Gasteiger partial charge in [-0.05, 0) is 29.7 Å². The van der Waals surface area contributed by atoms with Crippen molar-refractivity contribution in [2.75, 3.05) is 18.5 Å². The fraction of sp³-hybridized carbons (Fsp3) is 0.333. The maximum atomic E-state index is 11.9. The molecule has 17 heavy (non-hydrogen) atoms. The summed E-state index contributed by atoms with van der Waals surface area (Å²) in [7, 11) is -1.47. The molecule has 1 aromatic rings. The first-order valence-corrected chi connectivity index (χ1v) is 7.03. The monoisotopic (exact) mass is 251 g/mol. The molecular formula is C12H13NO3S. The van der Waals surface area contributed by atoms with E-state index in [1.54, 1.807) is 6.07 Å². The molecule has 0 atom stereocenters. The maximum absolute atomic E-state index is 11.9. The number of hydrogen-bond donors (Lipinski definition) is 1. The molecule has 0 bridgehead atoms. The molecule has 90 valence electrons. The summed E-state index contributed by atoms with van der Waals surface area (Å²) in [6.07, 6.45) is 1.18. The zero-order valence-electron chi connectivity index (χ0n) is 9.47. The van der Waals surface area contributed by atoms with Crippen molar-refractivity contribution in [1.29, 1.82) is 0 Å². The molecule has 1 N–H and O–H groups in total. The highest BCUT2D eigenvalue weighted by molar-refractivity contribution is 7.94. The molecule has 0 amide bonds. The van der Waals surface area contributed by atoms with Gasteiger partial charge >= 0.3 is 0 Å². The number of hydrogen-bond acceptors (Lipinski definition) is 4. The zero-order chi connectivity index (χ0) is 12.2. The number of aliphatic hydroxyl groups excluding tert-OH is 1. The fourth-order valence-corrected chi connectivity index (χ4v) is 3.87. The molecule has 0 spiro atoms. The van der Waals surface area contributed by atoms with E-state index < -0.39 is 9.84 Å². The van der Waals surface area contributed by atoms with Crippen LogP contribution in [-0.4, -0.2) is 27.1 Å². The molecule has 0 aliphatic carbocycles. The number of aliphatic hydroxyl groups is 1. The summed E-state index contributed by atoms with van der Waals surface area (Å²) in [4.78, 5) is 2.46. The minimum Gasteiger partial charge on any atom is -0.511 e. The Morgan fingerprint density at radius 1 is 1.29 bits per heavy atom. The van der Waals surface area contributed by atoms with Crippen molar-refractivity contribution in [2.24, 2.45) is 0 Å². The van der Waals surface area contributed by atoms with E-state index in [4.69, 9.17) is 0 Å². The van der Waals surface area contributed by atoms with Crippen molar-refractivity contribution in [3.05, 3.63) is 34.4 Å². The topological polar surface area (TPSA) is 57.6 Å². The predicted molar refractivity (Wildman–Crippen MR) is 65.0 cm³/mol. The number of fused-ring (bicyclic) bond motifs is 2. The normalized spacial score (nSPS) is 20.8. The Morgan fingerprint density at radius 2 is 2.06 bits per heavy atom. The van der Waals surface area contributed by atoms with Crippen LogP contribution < -0.4 is 4.90 Å². The Bertz CT molecular complexity index is 631. The Kier molecular flexibility index (Phi) is 2.04. The average Bonchev–Trinajstić information content (AvgIpc) is 2.57. The van der Waals surface area contributed by atoms with Gasteiger partial charge in [0.1, 0.15) is 5.76 Å². The second-order valence-electron chi connectivity index (χ2n) is 4.59. The summed E-state index contributed by atoms with van der Waals surface area (Å²) in [6, 6.07) is 3.64. The second-order valence-corrected chi connectivity index (χ2v) is 6.36. The highest BCUT2D eigenvalue weighted by Gasteiger charge is 2.27. The van der Waals surface area contributed by atoms with Crippen LogP contribution in [0.4, 0.5) is 5.69 Å². The smallest absolute Gasteiger partial charge is 0.203 e. The van der Waals surface area contributed by atoms with Crippen LogP contribution in [0.3, 0.4) is 0 Å². The Hall–Kier alpha value is -1.49. The first kappa shape index (κ1) is 10.7. The molecule has 1 aromatic carbocycles. The molecule has 4 nitrogen and oxygen atoms in total. The molecule has 2 heterocycles. The van der Waals surface area contributed by atoms with Crippen LogP contribution in [-0.2, 0) is 22.7 Å². The van der Waals surface area contributed by atoms with Gasteiger partial charge in [0.25, 0.3) is 0 Å². The minimum atomic E-state index is -3.46. The van der Waals surface area contributed by atoms with E-state index in [0.29, 0.717) is 16.9 Å². The van der Waals surface area contributed by atoms with E-state index in [9.17, 15) is 13.5 Å². The van der Waals surface area contributed by atoms with Crippen molar-refractivity contribution in [3.8, 4) is 0 Å². The van der Waals surface area contributed by atoms with E-state index in [0.717, 1.165) is 29.6 Å². The third kappa shape index (κ3) is 1.53. The first-order chi connectivity index (χ1) is 7.97. The third-order valence-corrected chi connectivity index (χ3v) is 4.93. The summed E-state index contributed by atoms with van der Waals surface area (Å²) < 4.78 is 23.8. The van der Waals surface area contributed by atoms with Crippen LogP contribution in [0.5, 0.6) is 0 Å². The number of sulfone groups is 1. The van der Waals surface area contributed by atoms with Gasteiger partial charge in [0.05, 0.1) is 10.3 Å². The van der Waals surface area contributed by atoms with Gasteiger partial charge in [0.2, 0.25) is 9.84 Å². The summed E-state index contributed by atoms with van der Waals surface area (Å²) in [5, 5.41) is 10.4. The molecule has 0 radical (unpaired) electrons. The zero-order valence-corrected chi connectivity index (χ0v) is 10.3. The Balaban J connectivity index is 2.25. The van der Waals surface area contributed by atoms with Crippen molar-refractivity contribution in [2.45, 2.75) is 17.7 Å². The molecule has 0 fully saturated rings.